The second kappa shape index (κ2) is 4.70. The number of aliphatic hydroxyl groups is 1. The molecule has 3 N–H and O–H groups in total. The summed E-state index contributed by atoms with van der Waals surface area (Å²) in [5.41, 5.74) is 3.95. The Morgan fingerprint density at radius 2 is 2.13 bits per heavy atom. The maximum Gasteiger partial charge on any atom is 0.254 e. The minimum absolute atomic E-state index is 0.152. The molecule has 15 heavy (non-hydrogen) atoms. The Labute approximate surface area is 84.3 Å². The van der Waals surface area contributed by atoms with Crippen LogP contribution in [0.5, 0.6) is 5.75 Å². The number of halogens is 2. The highest BCUT2D eigenvalue weighted by molar-refractivity contribution is 5.93. The Bertz CT molecular complexity index is 382. The van der Waals surface area contributed by atoms with Gasteiger partial charge in [-0.15, -0.1) is 0 Å². The Morgan fingerprint density at radius 1 is 1.47 bits per heavy atom. The number of rotatable bonds is 4. The van der Waals surface area contributed by atoms with Gasteiger partial charge in [-0.25, -0.2) is 8.78 Å². The van der Waals surface area contributed by atoms with Crippen molar-refractivity contribution in [3.8, 4) is 5.75 Å². The van der Waals surface area contributed by atoms with Crippen molar-refractivity contribution in [3.63, 3.8) is 0 Å². The number of hydrogen-bond donors (Lipinski definition) is 2. The van der Waals surface area contributed by atoms with Crippen LogP contribution in [0.1, 0.15) is 10.4 Å². The lowest BCUT2D eigenvalue weighted by Crippen LogP contribution is -2.16. The van der Waals surface area contributed by atoms with Gasteiger partial charge < -0.3 is 15.6 Å². The van der Waals surface area contributed by atoms with Crippen LogP contribution in [0.25, 0.3) is 0 Å². The number of carbonyl (C=O) groups excluding carboxylic acids is 1. The highest BCUT2D eigenvalue weighted by Gasteiger charge is 2.18. The molecule has 0 aliphatic heterocycles. The van der Waals surface area contributed by atoms with E-state index in [0.29, 0.717) is 0 Å². The smallest absolute Gasteiger partial charge is 0.254 e. The van der Waals surface area contributed by atoms with E-state index >= 15 is 0 Å². The molecule has 6 heteroatoms. The minimum atomic E-state index is -1.21. The third-order valence-corrected chi connectivity index (χ3v) is 1.65. The molecule has 0 saturated carbocycles. The fourth-order valence-corrected chi connectivity index (χ4v) is 1.03. The maximum absolute atomic E-state index is 13.4. The molecule has 82 valence electrons. The lowest BCUT2D eigenvalue weighted by atomic mass is 10.2. The largest absolute Gasteiger partial charge is 0.488 e. The van der Waals surface area contributed by atoms with Gasteiger partial charge in [0.2, 0.25) is 0 Å². The number of amides is 1. The maximum atomic E-state index is 13.4. The average molecular weight is 217 g/mol. The summed E-state index contributed by atoms with van der Waals surface area (Å²) in [6, 6.07) is 1.89. The van der Waals surface area contributed by atoms with E-state index in [2.05, 4.69) is 0 Å². The van der Waals surface area contributed by atoms with Crippen LogP contribution in [0.15, 0.2) is 12.1 Å². The molecule has 0 saturated heterocycles. The highest BCUT2D eigenvalue weighted by atomic mass is 19.1. The first-order chi connectivity index (χ1) is 7.07. The van der Waals surface area contributed by atoms with Gasteiger partial charge in [0.25, 0.3) is 5.91 Å². The molecule has 0 bridgehead atoms. The molecule has 1 aromatic rings. The SMILES string of the molecule is NC(=O)c1c(F)ccc(OCCO)c1F. The van der Waals surface area contributed by atoms with E-state index in [-0.39, 0.29) is 19.0 Å². The lowest BCUT2D eigenvalue weighted by molar-refractivity contribution is 0.0991. The van der Waals surface area contributed by atoms with Crippen LogP contribution >= 0.6 is 0 Å². The first-order valence-corrected chi connectivity index (χ1v) is 4.09. The fourth-order valence-electron chi connectivity index (χ4n) is 1.03. The van der Waals surface area contributed by atoms with Gasteiger partial charge in [-0.05, 0) is 12.1 Å². The monoisotopic (exact) mass is 217 g/mol. The van der Waals surface area contributed by atoms with Crippen molar-refractivity contribution in [1.29, 1.82) is 0 Å². The molecule has 0 radical (unpaired) electrons. The molecular weight excluding hydrogens is 208 g/mol. The van der Waals surface area contributed by atoms with E-state index in [1.165, 1.54) is 0 Å². The molecule has 0 atom stereocenters. The Hall–Kier alpha value is -1.69. The minimum Gasteiger partial charge on any atom is -0.488 e. The Morgan fingerprint density at radius 3 is 2.67 bits per heavy atom. The van der Waals surface area contributed by atoms with Gasteiger partial charge in [0.15, 0.2) is 11.6 Å². The molecule has 0 fully saturated rings. The number of hydrogen-bond acceptors (Lipinski definition) is 3. The summed E-state index contributed by atoms with van der Waals surface area (Å²) in [5.74, 6) is -3.73. The fraction of sp³-hybridized carbons (Fsp3) is 0.222. The topological polar surface area (TPSA) is 72.6 Å². The van der Waals surface area contributed by atoms with Crippen LogP contribution < -0.4 is 10.5 Å². The molecule has 0 spiro atoms. The summed E-state index contributed by atoms with van der Waals surface area (Å²) in [5, 5.41) is 8.44. The van der Waals surface area contributed by atoms with E-state index < -0.39 is 23.1 Å². The van der Waals surface area contributed by atoms with Gasteiger partial charge in [-0.2, -0.15) is 0 Å². The molecule has 0 aromatic heterocycles. The van der Waals surface area contributed by atoms with E-state index in [1.54, 1.807) is 0 Å². The highest BCUT2D eigenvalue weighted by Crippen LogP contribution is 2.22. The molecule has 0 unspecified atom stereocenters. The van der Waals surface area contributed by atoms with Gasteiger partial charge in [0, 0.05) is 0 Å². The number of nitrogens with two attached hydrogens (primary N) is 1. The van der Waals surface area contributed by atoms with Crippen molar-refractivity contribution in [2.45, 2.75) is 0 Å². The van der Waals surface area contributed by atoms with Crippen LogP contribution in [-0.2, 0) is 0 Å². The zero-order chi connectivity index (χ0) is 11.4. The van der Waals surface area contributed by atoms with Crippen LogP contribution in [0.4, 0.5) is 8.78 Å². The van der Waals surface area contributed by atoms with Crippen LogP contribution in [-0.4, -0.2) is 24.2 Å². The van der Waals surface area contributed by atoms with E-state index in [4.69, 9.17) is 15.6 Å². The van der Waals surface area contributed by atoms with Gasteiger partial charge >= 0.3 is 0 Å². The molecule has 0 aliphatic rings. The number of aliphatic hydroxyl groups excluding tert-OH is 1. The summed E-state index contributed by atoms with van der Waals surface area (Å²) in [7, 11) is 0. The standard InChI is InChI=1S/C9H9F2NO3/c10-5-1-2-6(15-4-3-13)8(11)7(5)9(12)14/h1-2,13H,3-4H2,(H2,12,14). The second-order valence-corrected chi connectivity index (χ2v) is 2.67. The third kappa shape index (κ3) is 2.41. The molecule has 1 amide bonds. The molecular formula is C9H9F2NO3. The number of ether oxygens (including phenoxy) is 1. The second-order valence-electron chi connectivity index (χ2n) is 2.67. The molecule has 1 aromatic carbocycles. The van der Waals surface area contributed by atoms with E-state index in [0.717, 1.165) is 12.1 Å². The van der Waals surface area contributed by atoms with E-state index in [9.17, 15) is 13.6 Å². The van der Waals surface area contributed by atoms with Crippen molar-refractivity contribution < 1.29 is 23.4 Å². The first kappa shape index (κ1) is 11.4. The van der Waals surface area contributed by atoms with E-state index in [1.807, 2.05) is 0 Å². The first-order valence-electron chi connectivity index (χ1n) is 4.09. The zero-order valence-electron chi connectivity index (χ0n) is 7.67. The van der Waals surface area contributed by atoms with Crippen molar-refractivity contribution in [3.05, 3.63) is 29.3 Å². The predicted octanol–water partition coefficient (Wildman–Crippen LogP) is 0.435. The number of primary amides is 1. The third-order valence-electron chi connectivity index (χ3n) is 1.65. The Kier molecular flexibility index (Phi) is 3.56. The van der Waals surface area contributed by atoms with Crippen molar-refractivity contribution in [2.24, 2.45) is 5.73 Å². The lowest BCUT2D eigenvalue weighted by Gasteiger charge is -2.08. The van der Waals surface area contributed by atoms with Gasteiger partial charge in [-0.3, -0.25) is 4.79 Å². The summed E-state index contributed by atoms with van der Waals surface area (Å²) >= 11 is 0. The molecule has 0 heterocycles. The van der Waals surface area contributed by atoms with Crippen molar-refractivity contribution in [1.82, 2.24) is 0 Å². The molecule has 1 rings (SSSR count). The summed E-state index contributed by atoms with van der Waals surface area (Å²) in [6.07, 6.45) is 0. The van der Waals surface area contributed by atoms with Crippen LogP contribution in [0.2, 0.25) is 0 Å². The predicted molar refractivity (Wildman–Crippen MR) is 47.5 cm³/mol. The van der Waals surface area contributed by atoms with Crippen LogP contribution in [0, 0.1) is 11.6 Å². The zero-order valence-corrected chi connectivity index (χ0v) is 7.67. The normalized spacial score (nSPS) is 10.1. The summed E-state index contributed by atoms with van der Waals surface area (Å²) in [4.78, 5) is 10.7. The Balaban J connectivity index is 3.11. The van der Waals surface area contributed by atoms with Crippen LogP contribution in [0.3, 0.4) is 0 Å². The van der Waals surface area contributed by atoms with Gasteiger partial charge in [-0.1, -0.05) is 0 Å². The van der Waals surface area contributed by atoms with Gasteiger partial charge in [0.05, 0.1) is 6.61 Å². The van der Waals surface area contributed by atoms with Crippen molar-refractivity contribution >= 4 is 5.91 Å². The van der Waals surface area contributed by atoms with Crippen molar-refractivity contribution in [2.75, 3.05) is 13.2 Å². The molecule has 4 nitrogen and oxygen atoms in total. The average Bonchev–Trinajstić information content (AvgIpc) is 2.16. The summed E-state index contributed by atoms with van der Waals surface area (Å²) in [6.45, 7) is -0.469. The molecule has 0 aliphatic carbocycles. The summed E-state index contributed by atoms with van der Waals surface area (Å²) < 4.78 is 31.0. The number of benzene rings is 1. The number of carbonyl (C=O) groups is 1. The quantitative estimate of drug-likeness (QED) is 0.768. The van der Waals surface area contributed by atoms with Gasteiger partial charge in [0.1, 0.15) is 18.0 Å².